The lowest BCUT2D eigenvalue weighted by Gasteiger charge is -2.09. The molecule has 1 amide bonds. The Hall–Kier alpha value is -1.53. The van der Waals surface area contributed by atoms with Crippen LogP contribution in [0.5, 0.6) is 0 Å². The van der Waals surface area contributed by atoms with Gasteiger partial charge in [-0.15, -0.1) is 0 Å². The summed E-state index contributed by atoms with van der Waals surface area (Å²) in [7, 11) is 0. The summed E-state index contributed by atoms with van der Waals surface area (Å²) in [6, 6.07) is 3.99. The number of carbonyl (C=O) groups is 1. The maximum Gasteiger partial charge on any atom is 0.249 e. The molecule has 0 saturated heterocycles. The predicted octanol–water partition coefficient (Wildman–Crippen LogP) is 1.37. The predicted molar refractivity (Wildman–Crippen MR) is 80.8 cm³/mol. The van der Waals surface area contributed by atoms with Crippen molar-refractivity contribution in [2.24, 2.45) is 0 Å². The van der Waals surface area contributed by atoms with E-state index in [1.807, 2.05) is 42.1 Å². The van der Waals surface area contributed by atoms with E-state index < -0.39 is 6.10 Å². The minimum atomic E-state index is -0.943. The highest BCUT2D eigenvalue weighted by atomic mass is 32.2. The van der Waals surface area contributed by atoms with Crippen molar-refractivity contribution in [3.05, 3.63) is 35.8 Å². The molecule has 0 fully saturated rings. The maximum absolute atomic E-state index is 11.7. The molecule has 0 spiro atoms. The summed E-state index contributed by atoms with van der Waals surface area (Å²) in [5, 5.41) is 12.4. The van der Waals surface area contributed by atoms with Crippen molar-refractivity contribution in [2.45, 2.75) is 26.0 Å². The zero-order valence-corrected chi connectivity index (χ0v) is 12.5. The van der Waals surface area contributed by atoms with Gasteiger partial charge >= 0.3 is 0 Å². The summed E-state index contributed by atoms with van der Waals surface area (Å²) in [6.45, 7) is 2.34. The van der Waals surface area contributed by atoms with Crippen LogP contribution in [0.25, 0.3) is 5.65 Å². The summed E-state index contributed by atoms with van der Waals surface area (Å²) in [5.41, 5.74) is 2.78. The van der Waals surface area contributed by atoms with E-state index in [-0.39, 0.29) is 5.91 Å². The minimum absolute atomic E-state index is 0.329. The van der Waals surface area contributed by atoms with Gasteiger partial charge in [0, 0.05) is 12.4 Å². The molecule has 0 aliphatic rings. The van der Waals surface area contributed by atoms with E-state index in [0.717, 1.165) is 22.7 Å². The molecule has 1 atom stereocenters. The van der Waals surface area contributed by atoms with Crippen LogP contribution in [0.3, 0.4) is 0 Å². The number of carbonyl (C=O) groups excluding carboxylic acids is 1. The number of aromatic nitrogens is 2. The number of nitrogens with one attached hydrogen (secondary N) is 1. The van der Waals surface area contributed by atoms with Crippen molar-refractivity contribution in [3.8, 4) is 0 Å². The molecule has 108 valence electrons. The Morgan fingerprint density at radius 3 is 3.15 bits per heavy atom. The van der Waals surface area contributed by atoms with Gasteiger partial charge in [0.1, 0.15) is 11.8 Å². The minimum Gasteiger partial charge on any atom is -0.383 e. The van der Waals surface area contributed by atoms with Crippen molar-refractivity contribution >= 4 is 23.3 Å². The fourth-order valence-electron chi connectivity index (χ4n) is 1.88. The Morgan fingerprint density at radius 2 is 2.40 bits per heavy atom. The molecule has 0 aliphatic carbocycles. The summed E-state index contributed by atoms with van der Waals surface area (Å²) >= 11 is 1.61. The molecular formula is C14H19N3O2S. The number of amides is 1. The number of hydrogen-bond acceptors (Lipinski definition) is 4. The Morgan fingerprint density at radius 1 is 1.60 bits per heavy atom. The largest absolute Gasteiger partial charge is 0.383 e. The van der Waals surface area contributed by atoms with Crippen molar-refractivity contribution in [1.29, 1.82) is 0 Å². The van der Waals surface area contributed by atoms with Crippen LogP contribution in [0.15, 0.2) is 24.5 Å². The van der Waals surface area contributed by atoms with Gasteiger partial charge < -0.3 is 14.8 Å². The van der Waals surface area contributed by atoms with Gasteiger partial charge in [0.05, 0.1) is 12.2 Å². The molecule has 0 aliphatic heterocycles. The smallest absolute Gasteiger partial charge is 0.249 e. The first-order valence-corrected chi connectivity index (χ1v) is 7.88. The van der Waals surface area contributed by atoms with E-state index >= 15 is 0 Å². The van der Waals surface area contributed by atoms with Gasteiger partial charge in [-0.3, -0.25) is 4.79 Å². The van der Waals surface area contributed by atoms with E-state index in [0.29, 0.717) is 13.0 Å². The Bertz CT molecular complexity index is 597. The molecule has 5 nitrogen and oxygen atoms in total. The second kappa shape index (κ2) is 6.76. The fraction of sp³-hybridized carbons (Fsp3) is 0.429. The third-order valence-electron chi connectivity index (χ3n) is 3.01. The molecule has 0 bridgehead atoms. The summed E-state index contributed by atoms with van der Waals surface area (Å²) in [5.74, 6) is 0.426. The highest BCUT2D eigenvalue weighted by Gasteiger charge is 2.14. The number of hydrogen-bond donors (Lipinski definition) is 2. The molecule has 2 aromatic rings. The van der Waals surface area contributed by atoms with Crippen LogP contribution in [-0.2, 0) is 11.3 Å². The molecule has 0 radical (unpaired) electrons. The SMILES string of the molecule is CSCCC(O)C(=O)NCc1cn2ccc(C)cc2n1. The van der Waals surface area contributed by atoms with Crippen LogP contribution < -0.4 is 5.32 Å². The van der Waals surface area contributed by atoms with E-state index in [1.54, 1.807) is 11.8 Å². The lowest BCUT2D eigenvalue weighted by Crippen LogP contribution is -2.34. The van der Waals surface area contributed by atoms with Crippen molar-refractivity contribution < 1.29 is 9.90 Å². The summed E-state index contributed by atoms with van der Waals surface area (Å²) in [4.78, 5) is 16.1. The van der Waals surface area contributed by atoms with Crippen LogP contribution in [0.1, 0.15) is 17.7 Å². The molecule has 20 heavy (non-hydrogen) atoms. The summed E-state index contributed by atoms with van der Waals surface area (Å²) < 4.78 is 1.92. The molecular weight excluding hydrogens is 274 g/mol. The van der Waals surface area contributed by atoms with Crippen molar-refractivity contribution in [2.75, 3.05) is 12.0 Å². The number of rotatable bonds is 6. The van der Waals surface area contributed by atoms with Crippen LogP contribution in [-0.4, -0.2) is 38.5 Å². The lowest BCUT2D eigenvalue weighted by atomic mass is 10.2. The lowest BCUT2D eigenvalue weighted by molar-refractivity contribution is -0.129. The number of thioether (sulfide) groups is 1. The van der Waals surface area contributed by atoms with E-state index in [4.69, 9.17) is 0 Å². The van der Waals surface area contributed by atoms with Gasteiger partial charge in [-0.05, 0) is 43.0 Å². The number of imidazole rings is 1. The van der Waals surface area contributed by atoms with Gasteiger partial charge in [-0.2, -0.15) is 11.8 Å². The van der Waals surface area contributed by atoms with Crippen molar-refractivity contribution in [1.82, 2.24) is 14.7 Å². The van der Waals surface area contributed by atoms with E-state index in [9.17, 15) is 9.90 Å². The number of aliphatic hydroxyl groups excluding tert-OH is 1. The average molecular weight is 293 g/mol. The number of nitrogens with zero attached hydrogens (tertiary/aromatic N) is 2. The molecule has 2 rings (SSSR count). The number of aryl methyl sites for hydroxylation is 1. The van der Waals surface area contributed by atoms with Gasteiger partial charge in [-0.1, -0.05) is 0 Å². The molecule has 2 N–H and O–H groups in total. The van der Waals surface area contributed by atoms with E-state index in [2.05, 4.69) is 10.3 Å². The first-order valence-electron chi connectivity index (χ1n) is 6.49. The van der Waals surface area contributed by atoms with Gasteiger partial charge in [0.15, 0.2) is 0 Å². The normalized spacial score (nSPS) is 12.6. The summed E-state index contributed by atoms with van der Waals surface area (Å²) in [6.07, 6.45) is 5.29. The van der Waals surface area contributed by atoms with E-state index in [1.165, 1.54) is 0 Å². The molecule has 0 aromatic carbocycles. The van der Waals surface area contributed by atoms with Crippen molar-refractivity contribution in [3.63, 3.8) is 0 Å². The number of fused-ring (bicyclic) bond motifs is 1. The zero-order valence-electron chi connectivity index (χ0n) is 11.7. The molecule has 2 aromatic heterocycles. The van der Waals surface area contributed by atoms with Crippen LogP contribution in [0.2, 0.25) is 0 Å². The molecule has 0 saturated carbocycles. The quantitative estimate of drug-likeness (QED) is 0.844. The first-order chi connectivity index (χ1) is 9.60. The fourth-order valence-corrected chi connectivity index (χ4v) is 2.34. The number of pyridine rings is 1. The van der Waals surface area contributed by atoms with Crippen LogP contribution in [0, 0.1) is 6.92 Å². The Labute approximate surface area is 122 Å². The van der Waals surface area contributed by atoms with Crippen LogP contribution in [0.4, 0.5) is 0 Å². The Kier molecular flexibility index (Phi) is 5.03. The van der Waals surface area contributed by atoms with Crippen LogP contribution >= 0.6 is 11.8 Å². The highest BCUT2D eigenvalue weighted by molar-refractivity contribution is 7.98. The Balaban J connectivity index is 1.93. The third kappa shape index (κ3) is 3.74. The maximum atomic E-state index is 11.7. The monoisotopic (exact) mass is 293 g/mol. The van der Waals surface area contributed by atoms with Gasteiger partial charge in [0.2, 0.25) is 5.91 Å². The number of aliphatic hydroxyl groups is 1. The first kappa shape index (κ1) is 14.9. The molecule has 1 unspecified atom stereocenters. The highest BCUT2D eigenvalue weighted by Crippen LogP contribution is 2.07. The van der Waals surface area contributed by atoms with Gasteiger partial charge in [-0.25, -0.2) is 4.98 Å². The molecule has 2 heterocycles. The average Bonchev–Trinajstić information content (AvgIpc) is 2.83. The topological polar surface area (TPSA) is 66.6 Å². The second-order valence-corrected chi connectivity index (χ2v) is 5.70. The molecule has 6 heteroatoms. The van der Waals surface area contributed by atoms with Gasteiger partial charge in [0.25, 0.3) is 0 Å². The second-order valence-electron chi connectivity index (χ2n) is 4.72. The standard InChI is InChI=1S/C14H19N3O2S/c1-10-3-5-17-9-11(16-13(17)7-10)8-15-14(19)12(18)4-6-20-2/h3,5,7,9,12,18H,4,6,8H2,1-2H3,(H,15,19). The zero-order chi connectivity index (χ0) is 14.5. The third-order valence-corrected chi connectivity index (χ3v) is 3.65.